The van der Waals surface area contributed by atoms with Gasteiger partial charge in [0.25, 0.3) is 0 Å². The van der Waals surface area contributed by atoms with Gasteiger partial charge in [-0.3, -0.25) is 0 Å². The second-order valence-corrected chi connectivity index (χ2v) is 5.89. The maximum absolute atomic E-state index is 5.94. The van der Waals surface area contributed by atoms with Crippen molar-refractivity contribution < 1.29 is 14.2 Å². The van der Waals surface area contributed by atoms with Crippen molar-refractivity contribution in [2.75, 3.05) is 6.61 Å². The molecule has 3 aromatic rings. The van der Waals surface area contributed by atoms with Crippen LogP contribution >= 0.6 is 0 Å². The average Bonchev–Trinajstić information content (AvgIpc) is 2.89. The number of aryl methyl sites for hydroxylation is 2. The fraction of sp³-hybridized carbons (Fsp3) is 0.190. The van der Waals surface area contributed by atoms with Crippen LogP contribution in [-0.2, 0) is 7.05 Å². The third kappa shape index (κ3) is 4.06. The largest absolute Gasteiger partial charge is 0.490 e. The summed E-state index contributed by atoms with van der Waals surface area (Å²) >= 11 is 0. The molecular weight excluding hydrogens is 328 g/mol. The predicted octanol–water partition coefficient (Wildman–Crippen LogP) is 5.19. The second kappa shape index (κ2) is 7.78. The molecule has 2 aromatic carbocycles. The molecule has 0 saturated carbocycles. The quantitative estimate of drug-likeness (QED) is 0.550. The Bertz CT molecular complexity index is 881. The Morgan fingerprint density at radius 1 is 0.885 bits per heavy atom. The van der Waals surface area contributed by atoms with E-state index in [1.807, 2.05) is 69.4 Å². The Labute approximate surface area is 153 Å². The molecule has 26 heavy (non-hydrogen) atoms. The van der Waals surface area contributed by atoms with Gasteiger partial charge >= 0.3 is 0 Å². The Morgan fingerprint density at radius 3 is 1.85 bits per heavy atom. The van der Waals surface area contributed by atoms with E-state index in [0.717, 1.165) is 40.1 Å². The first kappa shape index (κ1) is 17.6. The Hall–Kier alpha value is -3.21. The number of hydrogen-bond acceptors (Lipinski definition) is 4. The Balaban J connectivity index is 1.65. The molecule has 0 saturated heterocycles. The molecule has 0 radical (unpaired) electrons. The first-order valence-corrected chi connectivity index (χ1v) is 8.36. The Morgan fingerprint density at radius 2 is 1.38 bits per heavy atom. The zero-order chi connectivity index (χ0) is 18.5. The van der Waals surface area contributed by atoms with Gasteiger partial charge < -0.3 is 14.2 Å². The van der Waals surface area contributed by atoms with Crippen LogP contribution in [0.25, 0.3) is 0 Å². The summed E-state index contributed by atoms with van der Waals surface area (Å²) in [4.78, 5) is 0. The zero-order valence-corrected chi connectivity index (χ0v) is 15.2. The van der Waals surface area contributed by atoms with Gasteiger partial charge in [-0.05, 0) is 62.4 Å². The molecule has 0 aliphatic rings. The molecule has 1 heterocycles. The molecule has 0 N–H and O–H groups in total. The highest BCUT2D eigenvalue weighted by molar-refractivity contribution is 5.40. The predicted molar refractivity (Wildman–Crippen MR) is 101 cm³/mol. The molecule has 0 aliphatic carbocycles. The molecule has 0 spiro atoms. The van der Waals surface area contributed by atoms with Crippen molar-refractivity contribution in [3.63, 3.8) is 0 Å². The van der Waals surface area contributed by atoms with Crippen molar-refractivity contribution in [2.45, 2.75) is 13.8 Å². The highest BCUT2D eigenvalue weighted by Crippen LogP contribution is 2.29. The van der Waals surface area contributed by atoms with Crippen LogP contribution in [0.1, 0.15) is 11.3 Å². The maximum atomic E-state index is 5.94. The van der Waals surface area contributed by atoms with E-state index < -0.39 is 0 Å². The van der Waals surface area contributed by atoms with Crippen molar-refractivity contribution in [2.24, 2.45) is 7.05 Å². The summed E-state index contributed by atoms with van der Waals surface area (Å²) in [6, 6.07) is 15.0. The van der Waals surface area contributed by atoms with Crippen molar-refractivity contribution in [3.8, 4) is 28.9 Å². The van der Waals surface area contributed by atoms with Gasteiger partial charge in [0, 0.05) is 12.6 Å². The van der Waals surface area contributed by atoms with E-state index in [-0.39, 0.29) is 0 Å². The molecule has 0 fully saturated rings. The third-order valence-corrected chi connectivity index (χ3v) is 3.92. The van der Waals surface area contributed by atoms with E-state index in [2.05, 4.69) is 11.7 Å². The first-order valence-electron chi connectivity index (χ1n) is 8.36. The topological polar surface area (TPSA) is 45.5 Å². The highest BCUT2D eigenvalue weighted by Gasteiger charge is 2.11. The molecule has 5 nitrogen and oxygen atoms in total. The van der Waals surface area contributed by atoms with Gasteiger partial charge in [0.05, 0.1) is 5.69 Å². The van der Waals surface area contributed by atoms with Crippen molar-refractivity contribution >= 4 is 0 Å². The van der Waals surface area contributed by atoms with Crippen molar-refractivity contribution in [1.29, 1.82) is 0 Å². The number of hydrogen-bond donors (Lipinski definition) is 0. The van der Waals surface area contributed by atoms with Gasteiger partial charge in [0.15, 0.2) is 0 Å². The van der Waals surface area contributed by atoms with E-state index >= 15 is 0 Å². The summed E-state index contributed by atoms with van der Waals surface area (Å²) in [5, 5.41) is 4.36. The summed E-state index contributed by atoms with van der Waals surface area (Å²) in [6.45, 7) is 8.07. The third-order valence-electron chi connectivity index (χ3n) is 3.92. The molecule has 1 aromatic heterocycles. The van der Waals surface area contributed by atoms with E-state index in [0.29, 0.717) is 6.61 Å². The van der Waals surface area contributed by atoms with Crippen LogP contribution in [0, 0.1) is 13.8 Å². The molecule has 0 aliphatic heterocycles. The maximum Gasteiger partial charge on any atom is 0.220 e. The molecular formula is C21H22N2O3. The smallest absolute Gasteiger partial charge is 0.220 e. The number of ether oxygens (including phenoxy) is 3. The van der Waals surface area contributed by atoms with Gasteiger partial charge in [0.2, 0.25) is 5.88 Å². The van der Waals surface area contributed by atoms with Crippen molar-refractivity contribution in [1.82, 2.24) is 9.78 Å². The van der Waals surface area contributed by atoms with Gasteiger partial charge in [-0.15, -0.1) is 0 Å². The average molecular weight is 350 g/mol. The minimum absolute atomic E-state index is 0.483. The molecule has 0 atom stereocenters. The lowest BCUT2D eigenvalue weighted by Crippen LogP contribution is -1.96. The number of rotatable bonds is 7. The molecule has 0 unspecified atom stereocenters. The van der Waals surface area contributed by atoms with Gasteiger partial charge in [-0.1, -0.05) is 12.7 Å². The van der Waals surface area contributed by atoms with Crippen LogP contribution in [0.3, 0.4) is 0 Å². The minimum atomic E-state index is 0.483. The lowest BCUT2D eigenvalue weighted by Gasteiger charge is -2.09. The Kier molecular flexibility index (Phi) is 5.27. The molecule has 0 amide bonds. The first-order chi connectivity index (χ1) is 12.6. The number of nitrogens with zero attached hydrogens (tertiary/aromatic N) is 2. The second-order valence-electron chi connectivity index (χ2n) is 5.89. The summed E-state index contributed by atoms with van der Waals surface area (Å²) in [6.07, 6.45) is 1.71. The standard InChI is InChI=1S/C21H22N2O3/c1-5-14-24-17-6-8-18(9-7-17)25-19-10-12-20(13-11-19)26-21-15(2)16(3)22-23(21)4/h5-13H,1,14H2,2-4H3. The summed E-state index contributed by atoms with van der Waals surface area (Å²) in [5.74, 6) is 3.73. The molecule has 134 valence electrons. The monoisotopic (exact) mass is 350 g/mol. The number of benzene rings is 2. The van der Waals surface area contributed by atoms with Crippen LogP contribution in [0.4, 0.5) is 0 Å². The van der Waals surface area contributed by atoms with Gasteiger partial charge in [-0.2, -0.15) is 5.10 Å². The van der Waals surface area contributed by atoms with Gasteiger partial charge in [-0.25, -0.2) is 4.68 Å². The van der Waals surface area contributed by atoms with E-state index in [1.165, 1.54) is 0 Å². The zero-order valence-electron chi connectivity index (χ0n) is 15.2. The highest BCUT2D eigenvalue weighted by atomic mass is 16.5. The normalized spacial score (nSPS) is 10.4. The lowest BCUT2D eigenvalue weighted by atomic mass is 10.3. The number of aromatic nitrogens is 2. The van der Waals surface area contributed by atoms with Crippen LogP contribution < -0.4 is 14.2 Å². The van der Waals surface area contributed by atoms with E-state index in [1.54, 1.807) is 10.8 Å². The van der Waals surface area contributed by atoms with E-state index in [4.69, 9.17) is 14.2 Å². The minimum Gasteiger partial charge on any atom is -0.490 e. The summed E-state index contributed by atoms with van der Waals surface area (Å²) in [7, 11) is 1.87. The molecule has 3 rings (SSSR count). The summed E-state index contributed by atoms with van der Waals surface area (Å²) in [5.41, 5.74) is 1.99. The van der Waals surface area contributed by atoms with Crippen LogP contribution in [0.5, 0.6) is 28.9 Å². The van der Waals surface area contributed by atoms with Crippen LogP contribution in [0.15, 0.2) is 61.2 Å². The molecule has 0 bridgehead atoms. The SMILES string of the molecule is C=CCOc1ccc(Oc2ccc(Oc3c(C)c(C)nn3C)cc2)cc1. The van der Waals surface area contributed by atoms with E-state index in [9.17, 15) is 0 Å². The lowest BCUT2D eigenvalue weighted by molar-refractivity contribution is 0.362. The fourth-order valence-electron chi connectivity index (χ4n) is 2.47. The van der Waals surface area contributed by atoms with Crippen LogP contribution in [0.2, 0.25) is 0 Å². The van der Waals surface area contributed by atoms with Gasteiger partial charge in [0.1, 0.15) is 29.6 Å². The van der Waals surface area contributed by atoms with Crippen LogP contribution in [-0.4, -0.2) is 16.4 Å². The summed E-state index contributed by atoms with van der Waals surface area (Å²) < 4.78 is 19.0. The van der Waals surface area contributed by atoms with Crippen molar-refractivity contribution in [3.05, 3.63) is 72.4 Å². The fourth-order valence-corrected chi connectivity index (χ4v) is 2.47. The molecule has 5 heteroatoms.